The first-order valence-corrected chi connectivity index (χ1v) is 4.49. The van der Waals surface area contributed by atoms with Crippen molar-refractivity contribution in [1.29, 1.82) is 0 Å². The monoisotopic (exact) mass is 202 g/mol. The highest BCUT2D eigenvalue weighted by atomic mass is 32.1. The molecule has 13 heavy (non-hydrogen) atoms. The van der Waals surface area contributed by atoms with Gasteiger partial charge in [0.05, 0.1) is 5.69 Å². The van der Waals surface area contributed by atoms with Crippen molar-refractivity contribution in [2.24, 2.45) is 5.73 Å². The molecule has 0 fully saturated rings. The number of amides is 1. The van der Waals surface area contributed by atoms with E-state index in [0.717, 1.165) is 5.69 Å². The second kappa shape index (κ2) is 4.63. The first-order chi connectivity index (χ1) is 6.22. The average molecular weight is 202 g/mol. The van der Waals surface area contributed by atoms with Gasteiger partial charge in [-0.3, -0.25) is 5.43 Å². The number of aromatic nitrogens is 1. The molecule has 7 heteroatoms. The number of anilines is 1. The van der Waals surface area contributed by atoms with Crippen molar-refractivity contribution in [3.63, 3.8) is 0 Å². The van der Waals surface area contributed by atoms with Gasteiger partial charge in [0.1, 0.15) is 0 Å². The van der Waals surface area contributed by atoms with E-state index in [-0.39, 0.29) is 0 Å². The van der Waals surface area contributed by atoms with E-state index in [2.05, 4.69) is 10.4 Å². The molecule has 0 aromatic carbocycles. The van der Waals surface area contributed by atoms with Crippen molar-refractivity contribution in [2.45, 2.75) is 6.42 Å². The standard InChI is InChI=1S/C6H10N4O2S/c7-2-1-4-3-13-5(8-4)9-10-6(11)12/h3,10H,1-2,7H2,(H,8,9)(H,11,12). The minimum absolute atomic E-state index is 0.519. The Bertz CT molecular complexity index is 288. The van der Waals surface area contributed by atoms with Crippen molar-refractivity contribution in [1.82, 2.24) is 10.4 Å². The van der Waals surface area contributed by atoms with Gasteiger partial charge in [-0.25, -0.2) is 15.2 Å². The van der Waals surface area contributed by atoms with Gasteiger partial charge in [-0.15, -0.1) is 11.3 Å². The molecule has 72 valence electrons. The van der Waals surface area contributed by atoms with Gasteiger partial charge in [0, 0.05) is 11.8 Å². The Morgan fingerprint density at radius 3 is 3.15 bits per heavy atom. The molecule has 0 radical (unpaired) electrons. The first kappa shape index (κ1) is 9.75. The summed E-state index contributed by atoms with van der Waals surface area (Å²) in [7, 11) is 0. The fraction of sp³-hybridized carbons (Fsp3) is 0.333. The SMILES string of the molecule is NCCc1csc(NNC(=O)O)n1. The van der Waals surface area contributed by atoms with E-state index in [1.54, 1.807) is 0 Å². The lowest BCUT2D eigenvalue weighted by Gasteiger charge is -1.98. The highest BCUT2D eigenvalue weighted by Gasteiger charge is 2.01. The number of nitrogens with two attached hydrogens (primary N) is 1. The number of hydrogen-bond acceptors (Lipinski definition) is 5. The number of rotatable bonds is 4. The Morgan fingerprint density at radius 2 is 2.54 bits per heavy atom. The Kier molecular flexibility index (Phi) is 3.47. The van der Waals surface area contributed by atoms with E-state index < -0.39 is 6.09 Å². The van der Waals surface area contributed by atoms with Crippen molar-refractivity contribution in [3.05, 3.63) is 11.1 Å². The van der Waals surface area contributed by atoms with Gasteiger partial charge in [-0.2, -0.15) is 0 Å². The summed E-state index contributed by atoms with van der Waals surface area (Å²) in [6, 6.07) is 0. The van der Waals surface area contributed by atoms with Gasteiger partial charge in [0.25, 0.3) is 0 Å². The van der Waals surface area contributed by atoms with E-state index >= 15 is 0 Å². The number of hydrogen-bond donors (Lipinski definition) is 4. The molecule has 0 spiro atoms. The average Bonchev–Trinajstić information content (AvgIpc) is 2.50. The lowest BCUT2D eigenvalue weighted by atomic mass is 10.3. The van der Waals surface area contributed by atoms with E-state index in [1.807, 2.05) is 10.8 Å². The zero-order valence-electron chi connectivity index (χ0n) is 6.78. The third-order valence-electron chi connectivity index (χ3n) is 1.23. The molecule has 0 saturated heterocycles. The Balaban J connectivity index is 2.44. The molecule has 0 unspecified atom stereocenters. The Morgan fingerprint density at radius 1 is 1.77 bits per heavy atom. The van der Waals surface area contributed by atoms with Crippen LogP contribution in [0, 0.1) is 0 Å². The van der Waals surface area contributed by atoms with Crippen LogP contribution in [0.1, 0.15) is 5.69 Å². The number of nitrogens with zero attached hydrogens (tertiary/aromatic N) is 1. The van der Waals surface area contributed by atoms with E-state index in [1.165, 1.54) is 11.3 Å². The van der Waals surface area contributed by atoms with Crippen LogP contribution in [0.5, 0.6) is 0 Å². The molecule has 1 rings (SSSR count). The van der Waals surface area contributed by atoms with Crippen LogP contribution in [0.3, 0.4) is 0 Å². The van der Waals surface area contributed by atoms with Crippen molar-refractivity contribution in [2.75, 3.05) is 12.0 Å². The lowest BCUT2D eigenvalue weighted by Crippen LogP contribution is -2.27. The Hall–Kier alpha value is -1.34. The van der Waals surface area contributed by atoms with Crippen molar-refractivity contribution >= 4 is 22.6 Å². The minimum Gasteiger partial charge on any atom is -0.464 e. The first-order valence-electron chi connectivity index (χ1n) is 3.62. The van der Waals surface area contributed by atoms with Crippen molar-refractivity contribution < 1.29 is 9.90 Å². The third kappa shape index (κ3) is 3.26. The maximum absolute atomic E-state index is 10.1. The van der Waals surface area contributed by atoms with Crippen LogP contribution in [0.15, 0.2) is 5.38 Å². The lowest BCUT2D eigenvalue weighted by molar-refractivity contribution is 0.197. The number of hydrazine groups is 1. The molecule has 0 aliphatic carbocycles. The highest BCUT2D eigenvalue weighted by molar-refractivity contribution is 7.13. The quantitative estimate of drug-likeness (QED) is 0.524. The van der Waals surface area contributed by atoms with Gasteiger partial charge in [-0.05, 0) is 6.54 Å². The predicted molar refractivity (Wildman–Crippen MR) is 49.7 cm³/mol. The summed E-state index contributed by atoms with van der Waals surface area (Å²) >= 11 is 1.33. The summed E-state index contributed by atoms with van der Waals surface area (Å²) < 4.78 is 0. The smallest absolute Gasteiger partial charge is 0.423 e. The summed E-state index contributed by atoms with van der Waals surface area (Å²) in [5, 5.41) is 10.6. The number of nitrogens with one attached hydrogen (secondary N) is 2. The molecule has 0 saturated carbocycles. The summed E-state index contributed by atoms with van der Waals surface area (Å²) in [6.45, 7) is 0.537. The molecule has 1 aromatic rings. The number of carbonyl (C=O) groups is 1. The molecule has 1 aromatic heterocycles. The maximum Gasteiger partial charge on any atom is 0.423 e. The van der Waals surface area contributed by atoms with Gasteiger partial charge in [-0.1, -0.05) is 0 Å². The molecule has 0 aliphatic rings. The van der Waals surface area contributed by atoms with Crippen molar-refractivity contribution in [3.8, 4) is 0 Å². The molecule has 1 amide bonds. The molecule has 0 atom stereocenters. The van der Waals surface area contributed by atoms with Crippen LogP contribution in [0.25, 0.3) is 0 Å². The second-order valence-electron chi connectivity index (χ2n) is 2.24. The van der Waals surface area contributed by atoms with Gasteiger partial charge in [0.15, 0.2) is 0 Å². The van der Waals surface area contributed by atoms with Gasteiger partial charge in [0.2, 0.25) is 5.13 Å². The van der Waals surface area contributed by atoms with Gasteiger partial charge >= 0.3 is 6.09 Å². The largest absolute Gasteiger partial charge is 0.464 e. The van der Waals surface area contributed by atoms with Crippen LogP contribution in [-0.4, -0.2) is 22.7 Å². The molecule has 0 bridgehead atoms. The van der Waals surface area contributed by atoms with Crippen LogP contribution >= 0.6 is 11.3 Å². The molecular weight excluding hydrogens is 192 g/mol. The van der Waals surface area contributed by atoms with Crippen LogP contribution < -0.4 is 16.6 Å². The third-order valence-corrected chi connectivity index (χ3v) is 2.04. The zero-order chi connectivity index (χ0) is 9.68. The molecule has 5 N–H and O–H groups in total. The fourth-order valence-electron chi connectivity index (χ4n) is 0.734. The van der Waals surface area contributed by atoms with E-state index in [4.69, 9.17) is 10.8 Å². The molecule has 0 aliphatic heterocycles. The zero-order valence-corrected chi connectivity index (χ0v) is 7.60. The fourth-order valence-corrected chi connectivity index (χ4v) is 1.43. The van der Waals surface area contributed by atoms with E-state index in [0.29, 0.717) is 18.1 Å². The molecular formula is C6H10N4O2S. The minimum atomic E-state index is -1.14. The summed E-state index contributed by atoms with van der Waals surface area (Å²) in [5.74, 6) is 0. The summed E-state index contributed by atoms with van der Waals surface area (Å²) in [6.07, 6.45) is -0.443. The number of thiazole rings is 1. The highest BCUT2D eigenvalue weighted by Crippen LogP contribution is 2.14. The molecule has 6 nitrogen and oxygen atoms in total. The Labute approximate surface area is 78.8 Å². The second-order valence-corrected chi connectivity index (χ2v) is 3.10. The predicted octanol–water partition coefficient (Wildman–Crippen LogP) is 0.239. The summed E-state index contributed by atoms with van der Waals surface area (Å²) in [5.41, 5.74) is 10.6. The summed E-state index contributed by atoms with van der Waals surface area (Å²) in [4.78, 5) is 14.2. The maximum atomic E-state index is 10.1. The van der Waals surface area contributed by atoms with E-state index in [9.17, 15) is 4.79 Å². The topological polar surface area (TPSA) is 100 Å². The van der Waals surface area contributed by atoms with Crippen LogP contribution in [0.2, 0.25) is 0 Å². The molecule has 1 heterocycles. The van der Waals surface area contributed by atoms with Crippen LogP contribution in [0.4, 0.5) is 9.93 Å². The normalized spacial score (nSPS) is 9.62. The van der Waals surface area contributed by atoms with Gasteiger partial charge < -0.3 is 10.8 Å². The van der Waals surface area contributed by atoms with Crippen LogP contribution in [-0.2, 0) is 6.42 Å². The number of carboxylic acid groups (broad SMARTS) is 1.